The fraction of sp³-hybridized carbons (Fsp3) is 0.818. The predicted molar refractivity (Wildman–Crippen MR) is 63.9 cm³/mol. The number of ether oxygens (including phenoxy) is 1. The Labute approximate surface area is 102 Å². The summed E-state index contributed by atoms with van der Waals surface area (Å²) >= 11 is 0. The molecule has 2 atom stereocenters. The van der Waals surface area contributed by atoms with Crippen molar-refractivity contribution in [3.8, 4) is 0 Å². The van der Waals surface area contributed by atoms with E-state index in [-0.39, 0.29) is 12.0 Å². The number of carboxylic acids is 1. The summed E-state index contributed by atoms with van der Waals surface area (Å²) in [6.07, 6.45) is 0.723. The number of urea groups is 1. The maximum atomic E-state index is 11.6. The number of aliphatic carboxylic acids is 1. The second-order valence-electron chi connectivity index (χ2n) is 4.24. The third-order valence-electron chi connectivity index (χ3n) is 2.42. The van der Waals surface area contributed by atoms with Gasteiger partial charge in [-0.05, 0) is 12.3 Å². The summed E-state index contributed by atoms with van der Waals surface area (Å²) in [4.78, 5) is 22.5. The standard InChI is InChI=1S/C11H22N2O4/c1-5-8(6-17-4)12-11(16)13-9(7(2)3)10(14)15/h7-9H,5-6H2,1-4H3,(H,14,15)(H2,12,13,16). The second kappa shape index (κ2) is 7.89. The van der Waals surface area contributed by atoms with Gasteiger partial charge >= 0.3 is 12.0 Å². The summed E-state index contributed by atoms with van der Waals surface area (Å²) in [5, 5.41) is 14.0. The molecule has 6 nitrogen and oxygen atoms in total. The number of rotatable bonds is 7. The lowest BCUT2D eigenvalue weighted by Crippen LogP contribution is -2.51. The minimum absolute atomic E-state index is 0.110. The first-order valence-corrected chi connectivity index (χ1v) is 5.71. The second-order valence-corrected chi connectivity index (χ2v) is 4.24. The van der Waals surface area contributed by atoms with Crippen molar-refractivity contribution in [1.82, 2.24) is 10.6 Å². The van der Waals surface area contributed by atoms with E-state index in [9.17, 15) is 9.59 Å². The van der Waals surface area contributed by atoms with Crippen molar-refractivity contribution in [1.29, 1.82) is 0 Å². The molecule has 0 aromatic heterocycles. The molecule has 3 N–H and O–H groups in total. The largest absolute Gasteiger partial charge is 0.480 e. The number of hydrogen-bond acceptors (Lipinski definition) is 3. The number of methoxy groups -OCH3 is 1. The van der Waals surface area contributed by atoms with Gasteiger partial charge in [-0.15, -0.1) is 0 Å². The van der Waals surface area contributed by atoms with E-state index in [1.165, 1.54) is 0 Å². The number of hydrogen-bond donors (Lipinski definition) is 3. The van der Waals surface area contributed by atoms with E-state index in [0.717, 1.165) is 6.42 Å². The molecule has 0 saturated heterocycles. The van der Waals surface area contributed by atoms with Gasteiger partial charge in [0.05, 0.1) is 12.6 Å². The fourth-order valence-corrected chi connectivity index (χ4v) is 1.34. The topological polar surface area (TPSA) is 87.7 Å². The van der Waals surface area contributed by atoms with Crippen molar-refractivity contribution < 1.29 is 19.4 Å². The Balaban J connectivity index is 4.27. The summed E-state index contributed by atoms with van der Waals surface area (Å²) in [7, 11) is 1.55. The maximum absolute atomic E-state index is 11.6. The monoisotopic (exact) mass is 246 g/mol. The molecule has 6 heteroatoms. The minimum atomic E-state index is -1.03. The van der Waals surface area contributed by atoms with Crippen LogP contribution in [0.1, 0.15) is 27.2 Å². The van der Waals surface area contributed by atoms with Crippen molar-refractivity contribution >= 4 is 12.0 Å². The molecule has 0 fully saturated rings. The Kier molecular flexibility index (Phi) is 7.29. The summed E-state index contributed by atoms with van der Waals surface area (Å²) < 4.78 is 4.94. The molecule has 0 bridgehead atoms. The first-order valence-electron chi connectivity index (χ1n) is 5.71. The number of nitrogens with one attached hydrogen (secondary N) is 2. The molecule has 100 valence electrons. The summed E-state index contributed by atoms with van der Waals surface area (Å²) in [5.74, 6) is -1.20. The SMILES string of the molecule is CCC(COC)NC(=O)NC(C(=O)O)C(C)C. The molecule has 0 aliphatic carbocycles. The highest BCUT2D eigenvalue weighted by Crippen LogP contribution is 2.01. The molecule has 0 aliphatic rings. The molecular formula is C11H22N2O4. The number of carbonyl (C=O) groups is 2. The molecule has 0 aromatic carbocycles. The molecule has 0 spiro atoms. The van der Waals surface area contributed by atoms with E-state index < -0.39 is 18.0 Å². The van der Waals surface area contributed by atoms with Gasteiger partial charge in [0, 0.05) is 7.11 Å². The van der Waals surface area contributed by atoms with Crippen LogP contribution >= 0.6 is 0 Å². The number of carboxylic acid groups (broad SMARTS) is 1. The molecule has 0 radical (unpaired) electrons. The number of carbonyl (C=O) groups excluding carboxylic acids is 1. The molecule has 0 saturated carbocycles. The molecule has 0 heterocycles. The van der Waals surface area contributed by atoms with Gasteiger partial charge in [0.15, 0.2) is 0 Å². The Morgan fingerprint density at radius 3 is 2.24 bits per heavy atom. The van der Waals surface area contributed by atoms with Gasteiger partial charge in [0.1, 0.15) is 6.04 Å². The van der Waals surface area contributed by atoms with Crippen molar-refractivity contribution in [2.45, 2.75) is 39.3 Å². The van der Waals surface area contributed by atoms with Crippen LogP contribution in [0.25, 0.3) is 0 Å². The zero-order valence-electron chi connectivity index (χ0n) is 10.8. The van der Waals surface area contributed by atoms with Gasteiger partial charge in [-0.25, -0.2) is 9.59 Å². The third kappa shape index (κ3) is 6.11. The highest BCUT2D eigenvalue weighted by atomic mass is 16.5. The predicted octanol–water partition coefficient (Wildman–Crippen LogP) is 0.820. The highest BCUT2D eigenvalue weighted by Gasteiger charge is 2.24. The van der Waals surface area contributed by atoms with Crippen LogP contribution < -0.4 is 10.6 Å². The Hall–Kier alpha value is -1.30. The van der Waals surface area contributed by atoms with Crippen molar-refractivity contribution in [3.05, 3.63) is 0 Å². The lowest BCUT2D eigenvalue weighted by atomic mass is 10.1. The minimum Gasteiger partial charge on any atom is -0.480 e. The maximum Gasteiger partial charge on any atom is 0.326 e. The molecule has 2 amide bonds. The molecule has 0 rings (SSSR count). The van der Waals surface area contributed by atoms with Gasteiger partial charge < -0.3 is 20.5 Å². The average molecular weight is 246 g/mol. The van der Waals surface area contributed by atoms with Gasteiger partial charge in [-0.3, -0.25) is 0 Å². The third-order valence-corrected chi connectivity index (χ3v) is 2.42. The van der Waals surface area contributed by atoms with Crippen LogP contribution in [0.15, 0.2) is 0 Å². The van der Waals surface area contributed by atoms with E-state index in [1.54, 1.807) is 21.0 Å². The average Bonchev–Trinajstić information content (AvgIpc) is 2.24. The van der Waals surface area contributed by atoms with Crippen molar-refractivity contribution in [2.75, 3.05) is 13.7 Å². The van der Waals surface area contributed by atoms with Crippen LogP contribution in [0.4, 0.5) is 4.79 Å². The first-order chi connectivity index (χ1) is 7.92. The molecular weight excluding hydrogens is 224 g/mol. The van der Waals surface area contributed by atoms with E-state index >= 15 is 0 Å². The first kappa shape index (κ1) is 15.7. The van der Waals surface area contributed by atoms with Crippen LogP contribution in [0.5, 0.6) is 0 Å². The van der Waals surface area contributed by atoms with Gasteiger partial charge in [0.2, 0.25) is 0 Å². The zero-order valence-corrected chi connectivity index (χ0v) is 10.8. The van der Waals surface area contributed by atoms with Crippen LogP contribution in [0.3, 0.4) is 0 Å². The van der Waals surface area contributed by atoms with Crippen molar-refractivity contribution in [2.24, 2.45) is 5.92 Å². The molecule has 2 unspecified atom stereocenters. The Bertz CT molecular complexity index is 256. The van der Waals surface area contributed by atoms with Crippen molar-refractivity contribution in [3.63, 3.8) is 0 Å². The lowest BCUT2D eigenvalue weighted by Gasteiger charge is -2.21. The van der Waals surface area contributed by atoms with Crippen LogP contribution in [-0.2, 0) is 9.53 Å². The smallest absolute Gasteiger partial charge is 0.326 e. The van der Waals surface area contributed by atoms with Gasteiger partial charge in [-0.2, -0.15) is 0 Å². The molecule has 0 aliphatic heterocycles. The van der Waals surface area contributed by atoms with Crippen LogP contribution in [0.2, 0.25) is 0 Å². The Morgan fingerprint density at radius 2 is 1.88 bits per heavy atom. The normalized spacial score (nSPS) is 14.2. The zero-order chi connectivity index (χ0) is 13.4. The van der Waals surface area contributed by atoms with E-state index in [0.29, 0.717) is 6.61 Å². The quantitative estimate of drug-likeness (QED) is 0.620. The van der Waals surface area contributed by atoms with Gasteiger partial charge in [0.25, 0.3) is 0 Å². The molecule has 0 aromatic rings. The summed E-state index contributed by atoms with van der Waals surface area (Å²) in [6.45, 7) is 5.81. The van der Waals surface area contributed by atoms with E-state index in [1.807, 2.05) is 6.92 Å². The van der Waals surface area contributed by atoms with E-state index in [4.69, 9.17) is 9.84 Å². The van der Waals surface area contributed by atoms with Crippen LogP contribution in [-0.4, -0.2) is 42.9 Å². The van der Waals surface area contributed by atoms with Gasteiger partial charge in [-0.1, -0.05) is 20.8 Å². The summed E-state index contributed by atoms with van der Waals surface area (Å²) in [5.41, 5.74) is 0. The van der Waals surface area contributed by atoms with E-state index in [2.05, 4.69) is 10.6 Å². The van der Waals surface area contributed by atoms with Crippen LogP contribution in [0, 0.1) is 5.92 Å². The fourth-order valence-electron chi connectivity index (χ4n) is 1.34. The Morgan fingerprint density at radius 1 is 1.29 bits per heavy atom. The highest BCUT2D eigenvalue weighted by molar-refractivity contribution is 5.82. The molecule has 17 heavy (non-hydrogen) atoms. The summed E-state index contributed by atoms with van der Waals surface area (Å²) in [6, 6.07) is -1.47. The lowest BCUT2D eigenvalue weighted by molar-refractivity contribution is -0.140. The number of amides is 2.